The Morgan fingerprint density at radius 2 is 1.92 bits per heavy atom. The fourth-order valence-electron chi connectivity index (χ4n) is 2.99. The molecule has 1 atom stereocenters. The van der Waals surface area contributed by atoms with Gasteiger partial charge in [-0.15, -0.1) is 0 Å². The molecule has 128 valence electrons. The molecule has 0 spiro atoms. The third kappa shape index (κ3) is 4.55. The maximum absolute atomic E-state index is 10.7. The predicted octanol–water partition coefficient (Wildman–Crippen LogP) is 3.92. The number of fused-ring (bicyclic) bond motifs is 1. The second kappa shape index (κ2) is 7.93. The summed E-state index contributed by atoms with van der Waals surface area (Å²) >= 11 is 12.3. The van der Waals surface area contributed by atoms with Gasteiger partial charge in [0.05, 0.1) is 22.2 Å². The standard InChI is InChI=1S/C20H17Cl2NO2/c21-18-2-1-3-19(22)17(18)9-5-13-4-6-15-11-16(23-12-20(24)25)8-7-14(15)10-13/h1-4,6,10,16,23H,7-8,11-12H2,(H,24,25). The second-order valence-corrected chi connectivity index (χ2v) is 6.86. The Kier molecular flexibility index (Phi) is 5.65. The van der Waals surface area contributed by atoms with E-state index in [1.165, 1.54) is 11.1 Å². The van der Waals surface area contributed by atoms with Crippen LogP contribution in [0.5, 0.6) is 0 Å². The normalized spacial score (nSPS) is 15.8. The van der Waals surface area contributed by atoms with E-state index >= 15 is 0 Å². The molecule has 0 amide bonds. The Bertz CT molecular complexity index is 847. The van der Waals surface area contributed by atoms with Gasteiger partial charge in [-0.05, 0) is 54.7 Å². The number of benzene rings is 2. The zero-order chi connectivity index (χ0) is 17.8. The largest absolute Gasteiger partial charge is 0.480 e. The van der Waals surface area contributed by atoms with E-state index < -0.39 is 5.97 Å². The summed E-state index contributed by atoms with van der Waals surface area (Å²) in [6.07, 6.45) is 2.68. The van der Waals surface area contributed by atoms with Crippen molar-refractivity contribution in [3.8, 4) is 11.8 Å². The predicted molar refractivity (Wildman–Crippen MR) is 100 cm³/mol. The van der Waals surface area contributed by atoms with E-state index in [0.29, 0.717) is 15.6 Å². The van der Waals surface area contributed by atoms with Gasteiger partial charge in [0.25, 0.3) is 0 Å². The summed E-state index contributed by atoms with van der Waals surface area (Å²) in [7, 11) is 0. The summed E-state index contributed by atoms with van der Waals surface area (Å²) in [5.74, 6) is 5.36. The van der Waals surface area contributed by atoms with Gasteiger partial charge in [0.1, 0.15) is 0 Å². The second-order valence-electron chi connectivity index (χ2n) is 6.04. The van der Waals surface area contributed by atoms with E-state index in [0.717, 1.165) is 24.8 Å². The van der Waals surface area contributed by atoms with Crippen molar-refractivity contribution < 1.29 is 9.90 Å². The number of hydrogen-bond donors (Lipinski definition) is 2. The highest BCUT2D eigenvalue weighted by Gasteiger charge is 2.18. The van der Waals surface area contributed by atoms with Crippen molar-refractivity contribution in [2.24, 2.45) is 0 Å². The van der Waals surface area contributed by atoms with Crippen molar-refractivity contribution in [2.75, 3.05) is 6.54 Å². The number of carboxylic acids is 1. The van der Waals surface area contributed by atoms with Crippen LogP contribution in [-0.2, 0) is 17.6 Å². The summed E-state index contributed by atoms with van der Waals surface area (Å²) < 4.78 is 0. The van der Waals surface area contributed by atoms with Gasteiger partial charge in [-0.25, -0.2) is 0 Å². The molecule has 2 aromatic rings. The Labute approximate surface area is 157 Å². The van der Waals surface area contributed by atoms with Crippen molar-refractivity contribution in [3.63, 3.8) is 0 Å². The van der Waals surface area contributed by atoms with Gasteiger partial charge in [0, 0.05) is 11.6 Å². The van der Waals surface area contributed by atoms with Crippen LogP contribution >= 0.6 is 23.2 Å². The van der Waals surface area contributed by atoms with Crippen LogP contribution in [0.25, 0.3) is 0 Å². The van der Waals surface area contributed by atoms with Crippen LogP contribution in [0.15, 0.2) is 36.4 Å². The molecule has 5 heteroatoms. The lowest BCUT2D eigenvalue weighted by atomic mass is 9.87. The molecule has 2 N–H and O–H groups in total. The Hall–Kier alpha value is -1.99. The molecule has 0 aliphatic heterocycles. The molecule has 1 aliphatic rings. The van der Waals surface area contributed by atoms with Crippen molar-refractivity contribution >= 4 is 29.2 Å². The molecule has 2 aromatic carbocycles. The van der Waals surface area contributed by atoms with Crippen LogP contribution in [0.1, 0.15) is 28.7 Å². The first-order chi connectivity index (χ1) is 12.0. The highest BCUT2D eigenvalue weighted by atomic mass is 35.5. The zero-order valence-electron chi connectivity index (χ0n) is 13.5. The van der Waals surface area contributed by atoms with Gasteiger partial charge in [-0.1, -0.05) is 47.2 Å². The molecular formula is C20H17Cl2NO2. The third-order valence-electron chi connectivity index (χ3n) is 4.27. The van der Waals surface area contributed by atoms with E-state index in [1.54, 1.807) is 18.2 Å². The van der Waals surface area contributed by atoms with E-state index in [2.05, 4.69) is 29.3 Å². The first-order valence-corrected chi connectivity index (χ1v) is 8.81. The Balaban J connectivity index is 1.75. The van der Waals surface area contributed by atoms with Gasteiger partial charge in [-0.2, -0.15) is 0 Å². The summed E-state index contributed by atoms with van der Waals surface area (Å²) in [5.41, 5.74) is 4.08. The molecule has 1 aliphatic carbocycles. The molecule has 0 fully saturated rings. The first-order valence-electron chi connectivity index (χ1n) is 8.06. The number of nitrogens with one attached hydrogen (secondary N) is 1. The van der Waals surface area contributed by atoms with Crippen molar-refractivity contribution in [1.29, 1.82) is 0 Å². The molecule has 3 nitrogen and oxygen atoms in total. The van der Waals surface area contributed by atoms with Crippen LogP contribution < -0.4 is 5.32 Å². The monoisotopic (exact) mass is 373 g/mol. The van der Waals surface area contributed by atoms with Crippen LogP contribution in [0.4, 0.5) is 0 Å². The molecule has 3 rings (SSSR count). The number of carboxylic acid groups (broad SMARTS) is 1. The van der Waals surface area contributed by atoms with E-state index in [1.807, 2.05) is 6.07 Å². The van der Waals surface area contributed by atoms with Crippen molar-refractivity contribution in [1.82, 2.24) is 5.32 Å². The summed E-state index contributed by atoms with van der Waals surface area (Å²) in [4.78, 5) is 10.7. The molecule has 0 aromatic heterocycles. The first kappa shape index (κ1) is 17.8. The highest BCUT2D eigenvalue weighted by molar-refractivity contribution is 6.36. The maximum atomic E-state index is 10.7. The van der Waals surface area contributed by atoms with Gasteiger partial charge >= 0.3 is 5.97 Å². The number of rotatable bonds is 3. The van der Waals surface area contributed by atoms with Crippen molar-refractivity contribution in [2.45, 2.75) is 25.3 Å². The third-order valence-corrected chi connectivity index (χ3v) is 4.90. The summed E-state index contributed by atoms with van der Waals surface area (Å²) in [5, 5.41) is 12.9. The van der Waals surface area contributed by atoms with E-state index in [9.17, 15) is 4.79 Å². The minimum Gasteiger partial charge on any atom is -0.480 e. The summed E-state index contributed by atoms with van der Waals surface area (Å²) in [6.45, 7) is 0.00214. The quantitative estimate of drug-likeness (QED) is 0.801. The van der Waals surface area contributed by atoms with Gasteiger partial charge in [0.15, 0.2) is 0 Å². The van der Waals surface area contributed by atoms with Crippen LogP contribution in [0.3, 0.4) is 0 Å². The molecule has 0 bridgehead atoms. The maximum Gasteiger partial charge on any atom is 0.317 e. The lowest BCUT2D eigenvalue weighted by Gasteiger charge is -2.25. The number of carbonyl (C=O) groups is 1. The average molecular weight is 374 g/mol. The SMILES string of the molecule is O=C(O)CNC1CCc2cc(C#Cc3c(Cl)cccc3Cl)ccc2C1. The van der Waals surface area contributed by atoms with Crippen LogP contribution in [0.2, 0.25) is 10.0 Å². The lowest BCUT2D eigenvalue weighted by Crippen LogP contribution is -2.37. The number of halogens is 2. The Morgan fingerprint density at radius 1 is 1.16 bits per heavy atom. The molecule has 0 heterocycles. The average Bonchev–Trinajstić information content (AvgIpc) is 2.59. The fraction of sp³-hybridized carbons (Fsp3) is 0.250. The molecule has 25 heavy (non-hydrogen) atoms. The minimum atomic E-state index is -0.824. The molecular weight excluding hydrogens is 357 g/mol. The van der Waals surface area contributed by atoms with Crippen LogP contribution in [0, 0.1) is 11.8 Å². The number of hydrogen-bond acceptors (Lipinski definition) is 2. The van der Waals surface area contributed by atoms with E-state index in [-0.39, 0.29) is 12.6 Å². The molecule has 1 unspecified atom stereocenters. The molecule has 0 radical (unpaired) electrons. The minimum absolute atomic E-state index is 0.00214. The molecule has 0 saturated heterocycles. The zero-order valence-corrected chi connectivity index (χ0v) is 15.0. The van der Waals surface area contributed by atoms with Gasteiger partial charge < -0.3 is 10.4 Å². The van der Waals surface area contributed by atoms with E-state index in [4.69, 9.17) is 28.3 Å². The van der Waals surface area contributed by atoms with Gasteiger partial charge in [0.2, 0.25) is 0 Å². The number of aryl methyl sites for hydroxylation is 1. The smallest absolute Gasteiger partial charge is 0.317 e. The lowest BCUT2D eigenvalue weighted by molar-refractivity contribution is -0.136. The number of aliphatic carboxylic acids is 1. The van der Waals surface area contributed by atoms with Crippen molar-refractivity contribution in [3.05, 3.63) is 68.7 Å². The van der Waals surface area contributed by atoms with Crippen LogP contribution in [-0.4, -0.2) is 23.7 Å². The topological polar surface area (TPSA) is 49.3 Å². The molecule has 0 saturated carbocycles. The Morgan fingerprint density at radius 3 is 2.64 bits per heavy atom. The highest BCUT2D eigenvalue weighted by Crippen LogP contribution is 2.24. The van der Waals surface area contributed by atoms with Gasteiger partial charge in [-0.3, -0.25) is 4.79 Å². The fourth-order valence-corrected chi connectivity index (χ4v) is 3.48. The summed E-state index contributed by atoms with van der Waals surface area (Å²) in [6, 6.07) is 11.7.